The van der Waals surface area contributed by atoms with E-state index in [1.165, 1.54) is 42.5 Å². The van der Waals surface area contributed by atoms with Crippen LogP contribution in [0.1, 0.15) is 5.56 Å². The SMILES string of the molecule is O=C(CN(c1ccccc1Cl)S(=O)(=O)c1ccccc1)Nc1cccc(C(F)(F)F)c1. The molecule has 0 aliphatic heterocycles. The van der Waals surface area contributed by atoms with Gasteiger partial charge in [-0.2, -0.15) is 13.2 Å². The highest BCUT2D eigenvalue weighted by Crippen LogP contribution is 2.32. The van der Waals surface area contributed by atoms with E-state index in [1.807, 2.05) is 0 Å². The summed E-state index contributed by atoms with van der Waals surface area (Å²) in [6.07, 6.45) is -4.58. The van der Waals surface area contributed by atoms with Gasteiger partial charge in [-0.3, -0.25) is 9.10 Å². The number of hydrogen-bond donors (Lipinski definition) is 1. The van der Waals surface area contributed by atoms with Crippen molar-refractivity contribution in [1.82, 2.24) is 0 Å². The molecule has 0 aromatic heterocycles. The molecule has 3 aromatic carbocycles. The average Bonchev–Trinajstić information content (AvgIpc) is 2.73. The van der Waals surface area contributed by atoms with Crippen LogP contribution in [0.2, 0.25) is 5.02 Å². The van der Waals surface area contributed by atoms with Crippen molar-refractivity contribution in [3.8, 4) is 0 Å². The minimum absolute atomic E-state index is 0.0622. The van der Waals surface area contributed by atoms with E-state index in [0.29, 0.717) is 0 Å². The molecule has 3 rings (SSSR count). The summed E-state index contributed by atoms with van der Waals surface area (Å²) in [5.74, 6) is -0.834. The van der Waals surface area contributed by atoms with Crippen molar-refractivity contribution < 1.29 is 26.4 Å². The van der Waals surface area contributed by atoms with Crippen LogP contribution in [0, 0.1) is 0 Å². The van der Waals surface area contributed by atoms with Gasteiger partial charge >= 0.3 is 6.18 Å². The fourth-order valence-corrected chi connectivity index (χ4v) is 4.53. The number of sulfonamides is 1. The highest BCUT2D eigenvalue weighted by Gasteiger charge is 2.31. The molecule has 3 aromatic rings. The Hall–Kier alpha value is -3.04. The standard InChI is InChI=1S/C21H16ClF3N2O3S/c22-18-11-4-5-12-19(18)27(31(29,30)17-9-2-1-3-10-17)14-20(28)26-16-8-6-7-15(13-16)21(23,24)25/h1-13H,14H2,(H,26,28). The Labute approximate surface area is 182 Å². The van der Waals surface area contributed by atoms with Crippen molar-refractivity contribution >= 4 is 38.9 Å². The molecule has 0 saturated carbocycles. The molecule has 0 bridgehead atoms. The molecule has 0 aliphatic carbocycles. The van der Waals surface area contributed by atoms with Gasteiger partial charge in [-0.15, -0.1) is 0 Å². The fraction of sp³-hybridized carbons (Fsp3) is 0.0952. The minimum atomic E-state index is -4.58. The Morgan fingerprint density at radius 2 is 1.58 bits per heavy atom. The Bertz CT molecular complexity index is 1190. The number of anilines is 2. The first kappa shape index (κ1) is 22.6. The molecular formula is C21H16ClF3N2O3S. The van der Waals surface area contributed by atoms with Gasteiger partial charge in [-0.1, -0.05) is 48.0 Å². The van der Waals surface area contributed by atoms with Crippen LogP contribution in [0.5, 0.6) is 0 Å². The predicted molar refractivity (Wildman–Crippen MR) is 112 cm³/mol. The number of para-hydroxylation sites is 1. The summed E-state index contributed by atoms with van der Waals surface area (Å²) in [7, 11) is -4.19. The van der Waals surface area contributed by atoms with E-state index >= 15 is 0 Å². The minimum Gasteiger partial charge on any atom is -0.325 e. The van der Waals surface area contributed by atoms with Gasteiger partial charge in [0.2, 0.25) is 5.91 Å². The summed E-state index contributed by atoms with van der Waals surface area (Å²) in [5, 5.41) is 2.40. The third kappa shape index (κ3) is 5.36. The molecule has 10 heteroatoms. The van der Waals surface area contributed by atoms with Gasteiger partial charge in [0, 0.05) is 5.69 Å². The molecule has 31 heavy (non-hydrogen) atoms. The molecule has 0 aliphatic rings. The normalized spacial score (nSPS) is 11.7. The number of carbonyl (C=O) groups is 1. The molecule has 5 nitrogen and oxygen atoms in total. The molecule has 162 valence electrons. The number of carbonyl (C=O) groups excluding carboxylic acids is 1. The zero-order valence-electron chi connectivity index (χ0n) is 15.8. The Morgan fingerprint density at radius 3 is 2.23 bits per heavy atom. The van der Waals surface area contributed by atoms with Crippen LogP contribution in [0.4, 0.5) is 24.5 Å². The lowest BCUT2D eigenvalue weighted by molar-refractivity contribution is -0.137. The van der Waals surface area contributed by atoms with E-state index < -0.39 is 34.2 Å². The maximum atomic E-state index is 13.2. The highest BCUT2D eigenvalue weighted by molar-refractivity contribution is 7.92. The number of nitrogens with zero attached hydrogens (tertiary/aromatic N) is 1. The van der Waals surface area contributed by atoms with E-state index in [9.17, 15) is 26.4 Å². The second-order valence-corrected chi connectivity index (χ2v) is 8.67. The van der Waals surface area contributed by atoms with E-state index in [1.54, 1.807) is 18.2 Å². The molecule has 0 heterocycles. The van der Waals surface area contributed by atoms with Gasteiger partial charge in [0.15, 0.2) is 0 Å². The molecule has 1 N–H and O–H groups in total. The lowest BCUT2D eigenvalue weighted by Crippen LogP contribution is -2.38. The third-order valence-corrected chi connectivity index (χ3v) is 6.31. The first-order valence-corrected chi connectivity index (χ1v) is 10.7. The maximum Gasteiger partial charge on any atom is 0.416 e. The topological polar surface area (TPSA) is 66.5 Å². The lowest BCUT2D eigenvalue weighted by Gasteiger charge is -2.25. The van der Waals surface area contributed by atoms with E-state index in [0.717, 1.165) is 22.5 Å². The first-order chi connectivity index (χ1) is 14.6. The Kier molecular flexibility index (Phi) is 6.56. The lowest BCUT2D eigenvalue weighted by atomic mass is 10.2. The number of benzene rings is 3. The molecule has 0 saturated heterocycles. The molecule has 0 radical (unpaired) electrons. The number of hydrogen-bond acceptors (Lipinski definition) is 3. The Balaban J connectivity index is 1.93. The monoisotopic (exact) mass is 468 g/mol. The van der Waals surface area contributed by atoms with Crippen LogP contribution in [-0.4, -0.2) is 20.9 Å². The summed E-state index contributed by atoms with van der Waals surface area (Å²) in [6, 6.07) is 17.5. The van der Waals surface area contributed by atoms with Crippen LogP contribution in [0.25, 0.3) is 0 Å². The molecule has 1 amide bonds. The Morgan fingerprint density at radius 1 is 0.935 bits per heavy atom. The number of alkyl halides is 3. The summed E-state index contributed by atoms with van der Waals surface area (Å²) in [4.78, 5) is 12.5. The summed E-state index contributed by atoms with van der Waals surface area (Å²) >= 11 is 6.16. The zero-order chi connectivity index (χ0) is 22.6. The number of amides is 1. The largest absolute Gasteiger partial charge is 0.416 e. The zero-order valence-corrected chi connectivity index (χ0v) is 17.4. The van der Waals surface area contributed by atoms with Crippen molar-refractivity contribution in [3.05, 3.63) is 89.4 Å². The second kappa shape index (κ2) is 8.99. The quantitative estimate of drug-likeness (QED) is 0.541. The predicted octanol–water partition coefficient (Wildman–Crippen LogP) is 5.19. The van der Waals surface area contributed by atoms with Gasteiger partial charge < -0.3 is 5.32 Å². The van der Waals surface area contributed by atoms with Crippen LogP contribution < -0.4 is 9.62 Å². The van der Waals surface area contributed by atoms with Gasteiger partial charge in [0.05, 0.1) is 21.2 Å². The number of halogens is 4. The number of nitrogens with one attached hydrogen (secondary N) is 1. The average molecular weight is 469 g/mol. The van der Waals surface area contributed by atoms with Crippen molar-refractivity contribution in [2.45, 2.75) is 11.1 Å². The van der Waals surface area contributed by atoms with Crippen molar-refractivity contribution in [1.29, 1.82) is 0 Å². The molecular weight excluding hydrogens is 453 g/mol. The van der Waals surface area contributed by atoms with Gasteiger partial charge in [-0.25, -0.2) is 8.42 Å². The summed E-state index contributed by atoms with van der Waals surface area (Å²) in [6.45, 7) is -0.697. The van der Waals surface area contributed by atoms with Gasteiger partial charge in [0.25, 0.3) is 10.0 Å². The van der Waals surface area contributed by atoms with Gasteiger partial charge in [-0.05, 0) is 42.5 Å². The highest BCUT2D eigenvalue weighted by atomic mass is 35.5. The first-order valence-electron chi connectivity index (χ1n) is 8.88. The van der Waals surface area contributed by atoms with Gasteiger partial charge in [0.1, 0.15) is 6.54 Å². The molecule has 0 atom stereocenters. The summed E-state index contributed by atoms with van der Waals surface area (Å²) < 4.78 is 65.9. The van der Waals surface area contributed by atoms with Crippen molar-refractivity contribution in [2.75, 3.05) is 16.2 Å². The van der Waals surface area contributed by atoms with Crippen LogP contribution in [0.15, 0.2) is 83.8 Å². The second-order valence-electron chi connectivity index (χ2n) is 6.40. The molecule has 0 fully saturated rings. The van der Waals surface area contributed by atoms with Crippen LogP contribution in [-0.2, 0) is 21.0 Å². The summed E-state index contributed by atoms with van der Waals surface area (Å²) in [5.41, 5.74) is -0.992. The van der Waals surface area contributed by atoms with Crippen molar-refractivity contribution in [2.24, 2.45) is 0 Å². The molecule has 0 spiro atoms. The fourth-order valence-electron chi connectivity index (χ4n) is 2.78. The van der Waals surface area contributed by atoms with Crippen LogP contribution >= 0.6 is 11.6 Å². The molecule has 0 unspecified atom stereocenters. The van der Waals surface area contributed by atoms with Crippen molar-refractivity contribution in [3.63, 3.8) is 0 Å². The van der Waals surface area contributed by atoms with E-state index in [2.05, 4.69) is 5.32 Å². The van der Waals surface area contributed by atoms with Crippen LogP contribution in [0.3, 0.4) is 0 Å². The third-order valence-electron chi connectivity index (χ3n) is 4.21. The maximum absolute atomic E-state index is 13.2. The number of rotatable bonds is 6. The smallest absolute Gasteiger partial charge is 0.325 e. The van der Waals surface area contributed by atoms with E-state index in [-0.39, 0.29) is 21.3 Å². The van der Waals surface area contributed by atoms with E-state index in [4.69, 9.17) is 11.6 Å².